The molecular formula is C13H14N2O4S2. The molecule has 2 heterocycles. The molecule has 0 fully saturated rings. The normalized spacial score (nSPS) is 11.7. The zero-order chi connectivity index (χ0) is 15.5. The molecule has 0 unspecified atom stereocenters. The molecule has 0 aliphatic carbocycles. The van der Waals surface area contributed by atoms with Crippen molar-refractivity contribution in [3.05, 3.63) is 46.4 Å². The first-order chi connectivity index (χ1) is 9.93. The van der Waals surface area contributed by atoms with Gasteiger partial charge in [-0.3, -0.25) is 4.98 Å². The van der Waals surface area contributed by atoms with Crippen molar-refractivity contribution in [2.45, 2.75) is 11.3 Å². The predicted molar refractivity (Wildman–Crippen MR) is 79.0 cm³/mol. The number of carboxylic acids is 1. The van der Waals surface area contributed by atoms with Gasteiger partial charge < -0.3 is 5.11 Å². The number of hydrogen-bond donors (Lipinski definition) is 1. The van der Waals surface area contributed by atoms with E-state index in [1.807, 2.05) is 12.1 Å². The van der Waals surface area contributed by atoms with Gasteiger partial charge in [-0.05, 0) is 35.6 Å². The molecule has 0 saturated heterocycles. The van der Waals surface area contributed by atoms with E-state index in [-0.39, 0.29) is 16.3 Å². The minimum absolute atomic E-state index is 0.155. The van der Waals surface area contributed by atoms with Crippen LogP contribution in [0.1, 0.15) is 15.2 Å². The lowest BCUT2D eigenvalue weighted by Crippen LogP contribution is -2.29. The maximum Gasteiger partial charge on any atom is 0.347 e. The Balaban J connectivity index is 2.15. The summed E-state index contributed by atoms with van der Waals surface area (Å²) >= 11 is 0.903. The van der Waals surface area contributed by atoms with Crippen molar-refractivity contribution in [2.75, 3.05) is 13.6 Å². The van der Waals surface area contributed by atoms with Crippen LogP contribution >= 0.6 is 11.3 Å². The fourth-order valence-corrected chi connectivity index (χ4v) is 4.18. The van der Waals surface area contributed by atoms with E-state index < -0.39 is 16.0 Å². The molecular weight excluding hydrogens is 312 g/mol. The molecule has 0 atom stereocenters. The number of aromatic carboxylic acids is 1. The number of thiophene rings is 1. The summed E-state index contributed by atoms with van der Waals surface area (Å²) in [5, 5.41) is 10.5. The minimum Gasteiger partial charge on any atom is -0.477 e. The number of carbonyl (C=O) groups is 1. The molecule has 0 amide bonds. The van der Waals surface area contributed by atoms with E-state index in [4.69, 9.17) is 5.11 Å². The van der Waals surface area contributed by atoms with Gasteiger partial charge in [-0.1, -0.05) is 0 Å². The lowest BCUT2D eigenvalue weighted by Gasteiger charge is -2.16. The second kappa shape index (κ2) is 6.33. The molecule has 2 aromatic rings. The topological polar surface area (TPSA) is 87.6 Å². The van der Waals surface area contributed by atoms with Gasteiger partial charge in [0.05, 0.1) is 0 Å². The molecule has 0 spiro atoms. The highest BCUT2D eigenvalue weighted by atomic mass is 32.2. The van der Waals surface area contributed by atoms with Gasteiger partial charge in [-0.25, -0.2) is 17.5 Å². The van der Waals surface area contributed by atoms with Crippen LogP contribution in [0.4, 0.5) is 0 Å². The van der Waals surface area contributed by atoms with Crippen molar-refractivity contribution in [3.8, 4) is 0 Å². The van der Waals surface area contributed by atoms with Gasteiger partial charge in [0.1, 0.15) is 9.77 Å². The molecule has 1 N–H and O–H groups in total. The monoisotopic (exact) mass is 326 g/mol. The zero-order valence-corrected chi connectivity index (χ0v) is 12.9. The Morgan fingerprint density at radius 1 is 1.33 bits per heavy atom. The van der Waals surface area contributed by atoms with Crippen molar-refractivity contribution in [1.29, 1.82) is 0 Å². The van der Waals surface area contributed by atoms with E-state index >= 15 is 0 Å². The van der Waals surface area contributed by atoms with Crippen LogP contribution in [0.2, 0.25) is 0 Å². The van der Waals surface area contributed by atoms with Crippen LogP contribution in [0, 0.1) is 0 Å². The molecule has 0 aliphatic rings. The average Bonchev–Trinajstić information content (AvgIpc) is 2.96. The van der Waals surface area contributed by atoms with E-state index in [0.29, 0.717) is 6.42 Å². The lowest BCUT2D eigenvalue weighted by atomic mass is 10.2. The number of aromatic nitrogens is 1. The summed E-state index contributed by atoms with van der Waals surface area (Å²) in [4.78, 5) is 14.6. The summed E-state index contributed by atoms with van der Waals surface area (Å²) in [5.41, 5.74) is 0.968. The first-order valence-corrected chi connectivity index (χ1v) is 8.41. The van der Waals surface area contributed by atoms with E-state index in [0.717, 1.165) is 16.9 Å². The highest BCUT2D eigenvalue weighted by Gasteiger charge is 2.27. The standard InChI is InChI=1S/C13H14N2O4S2/c1-15(8-4-10-2-6-14-7-3-10)21(18,19)11-5-9-20-12(11)13(16)17/h2-3,5-7,9H,4,8H2,1H3,(H,16,17). The fraction of sp³-hybridized carbons (Fsp3) is 0.231. The summed E-state index contributed by atoms with van der Waals surface area (Å²) in [7, 11) is -2.35. The Morgan fingerprint density at radius 3 is 2.62 bits per heavy atom. The largest absolute Gasteiger partial charge is 0.477 e. The highest BCUT2D eigenvalue weighted by Crippen LogP contribution is 2.24. The van der Waals surface area contributed by atoms with Gasteiger partial charge >= 0.3 is 5.97 Å². The smallest absolute Gasteiger partial charge is 0.347 e. The quantitative estimate of drug-likeness (QED) is 0.873. The first kappa shape index (κ1) is 15.6. The summed E-state index contributed by atoms with van der Waals surface area (Å²) in [6.07, 6.45) is 3.82. The molecule has 6 nitrogen and oxygen atoms in total. The number of sulfonamides is 1. The predicted octanol–water partition coefficient (Wildman–Crippen LogP) is 1.70. The molecule has 0 radical (unpaired) electrons. The number of likely N-dealkylation sites (N-methyl/N-ethyl adjacent to an activating group) is 1. The molecule has 2 aromatic heterocycles. The molecule has 112 valence electrons. The molecule has 0 bridgehead atoms. The highest BCUT2D eigenvalue weighted by molar-refractivity contribution is 7.89. The van der Waals surface area contributed by atoms with Gasteiger partial charge in [0.2, 0.25) is 10.0 Å². The van der Waals surface area contributed by atoms with Crippen molar-refractivity contribution in [1.82, 2.24) is 9.29 Å². The molecule has 21 heavy (non-hydrogen) atoms. The fourth-order valence-electron chi connectivity index (χ4n) is 1.78. The number of nitrogens with zero attached hydrogens (tertiary/aromatic N) is 2. The third kappa shape index (κ3) is 3.46. The van der Waals surface area contributed by atoms with E-state index in [1.54, 1.807) is 12.4 Å². The van der Waals surface area contributed by atoms with E-state index in [2.05, 4.69) is 4.98 Å². The molecule has 0 aromatic carbocycles. The Kier molecular flexibility index (Phi) is 4.71. The Labute approximate surface area is 126 Å². The van der Waals surface area contributed by atoms with Crippen molar-refractivity contribution in [3.63, 3.8) is 0 Å². The summed E-state index contributed by atoms with van der Waals surface area (Å²) in [6, 6.07) is 4.95. The summed E-state index contributed by atoms with van der Waals surface area (Å²) < 4.78 is 26.0. The third-order valence-corrected chi connectivity index (χ3v) is 5.91. The first-order valence-electron chi connectivity index (χ1n) is 6.09. The number of carboxylic acid groups (broad SMARTS) is 1. The average molecular weight is 326 g/mol. The van der Waals surface area contributed by atoms with Gasteiger partial charge in [0.25, 0.3) is 0 Å². The van der Waals surface area contributed by atoms with E-state index in [9.17, 15) is 13.2 Å². The van der Waals surface area contributed by atoms with Gasteiger partial charge in [-0.15, -0.1) is 11.3 Å². The Bertz CT molecular complexity index is 726. The summed E-state index contributed by atoms with van der Waals surface area (Å²) in [6.45, 7) is 0.265. The van der Waals surface area contributed by atoms with Gasteiger partial charge in [-0.2, -0.15) is 0 Å². The second-order valence-corrected chi connectivity index (χ2v) is 7.28. The van der Waals surface area contributed by atoms with Crippen molar-refractivity contribution >= 4 is 27.3 Å². The van der Waals surface area contributed by atoms with E-state index in [1.165, 1.54) is 22.8 Å². The summed E-state index contributed by atoms with van der Waals surface area (Å²) in [5.74, 6) is -1.23. The van der Waals surface area contributed by atoms with Crippen molar-refractivity contribution in [2.24, 2.45) is 0 Å². The molecule has 8 heteroatoms. The van der Waals surface area contributed by atoms with Crippen LogP contribution < -0.4 is 0 Å². The molecule has 0 saturated carbocycles. The van der Waals surface area contributed by atoms with Crippen LogP contribution in [-0.2, 0) is 16.4 Å². The van der Waals surface area contributed by atoms with Crippen LogP contribution in [0.5, 0.6) is 0 Å². The van der Waals surface area contributed by atoms with Crippen LogP contribution in [0.15, 0.2) is 40.9 Å². The number of rotatable bonds is 6. The Morgan fingerprint density at radius 2 is 2.00 bits per heavy atom. The molecule has 2 rings (SSSR count). The number of pyridine rings is 1. The Hall–Kier alpha value is -1.77. The maximum absolute atomic E-state index is 12.4. The van der Waals surface area contributed by atoms with Crippen LogP contribution in [-0.4, -0.2) is 42.4 Å². The van der Waals surface area contributed by atoms with Gasteiger partial charge in [0.15, 0.2) is 0 Å². The maximum atomic E-state index is 12.4. The third-order valence-electron chi connectivity index (χ3n) is 2.98. The SMILES string of the molecule is CN(CCc1ccncc1)S(=O)(=O)c1ccsc1C(=O)O. The van der Waals surface area contributed by atoms with Gasteiger partial charge in [0, 0.05) is 26.0 Å². The number of hydrogen-bond acceptors (Lipinski definition) is 5. The molecule has 0 aliphatic heterocycles. The zero-order valence-electron chi connectivity index (χ0n) is 11.3. The van der Waals surface area contributed by atoms with Crippen LogP contribution in [0.25, 0.3) is 0 Å². The van der Waals surface area contributed by atoms with Crippen LogP contribution in [0.3, 0.4) is 0 Å². The second-order valence-electron chi connectivity index (χ2n) is 4.35. The van der Waals surface area contributed by atoms with Crippen molar-refractivity contribution < 1.29 is 18.3 Å². The lowest BCUT2D eigenvalue weighted by molar-refractivity contribution is 0.0698. The minimum atomic E-state index is -3.79.